The Balaban J connectivity index is 1.76. The monoisotopic (exact) mass is 340 g/mol. The van der Waals surface area contributed by atoms with Crippen LogP contribution in [0.25, 0.3) is 10.9 Å². The molecule has 0 fully saturated rings. The highest BCUT2D eigenvalue weighted by atomic mass is 16.5. The van der Waals surface area contributed by atoms with Crippen LogP contribution in [0.15, 0.2) is 42.7 Å². The molecule has 25 heavy (non-hydrogen) atoms. The zero-order chi connectivity index (χ0) is 17.6. The molecule has 0 bridgehead atoms. The van der Waals surface area contributed by atoms with Gasteiger partial charge < -0.3 is 9.84 Å². The van der Waals surface area contributed by atoms with Crippen molar-refractivity contribution < 1.29 is 19.4 Å². The topological polar surface area (TPSA) is 79.7 Å². The molecule has 130 valence electrons. The largest absolute Gasteiger partial charge is 0.494 e. The van der Waals surface area contributed by atoms with Gasteiger partial charge in [-0.25, -0.2) is 0 Å². The molecular formula is C19H20N2O4. The van der Waals surface area contributed by atoms with Gasteiger partial charge in [0.1, 0.15) is 5.75 Å². The lowest BCUT2D eigenvalue weighted by molar-refractivity contribution is -0.124. The standard InChI is InChI=1S/C19H20N2O4/c22-8-2-1-3-9-25-17-4-5-18-14(11-17)10-15(13-20-18)21-7-6-16(23)12-19(21)24/h4-7,10-11,13,22H,1-3,8-9,12H2. The van der Waals surface area contributed by atoms with E-state index >= 15 is 0 Å². The average molecular weight is 340 g/mol. The molecule has 1 aliphatic rings. The highest BCUT2D eigenvalue weighted by molar-refractivity contribution is 6.13. The lowest BCUT2D eigenvalue weighted by Gasteiger charge is -2.20. The first kappa shape index (κ1) is 17.1. The molecule has 0 atom stereocenters. The van der Waals surface area contributed by atoms with Crippen LogP contribution in [-0.2, 0) is 9.59 Å². The highest BCUT2D eigenvalue weighted by Crippen LogP contribution is 2.25. The van der Waals surface area contributed by atoms with Crippen molar-refractivity contribution in [1.82, 2.24) is 4.98 Å². The van der Waals surface area contributed by atoms with Crippen molar-refractivity contribution >= 4 is 28.3 Å². The van der Waals surface area contributed by atoms with Crippen LogP contribution in [0.3, 0.4) is 0 Å². The molecule has 1 aromatic heterocycles. The second-order valence-electron chi connectivity index (χ2n) is 5.90. The normalized spacial score (nSPS) is 14.4. The van der Waals surface area contributed by atoms with E-state index in [4.69, 9.17) is 9.84 Å². The number of ketones is 1. The van der Waals surface area contributed by atoms with Gasteiger partial charge in [0, 0.05) is 18.2 Å². The van der Waals surface area contributed by atoms with Crippen molar-refractivity contribution in [3.8, 4) is 5.75 Å². The molecule has 0 spiro atoms. The fourth-order valence-corrected chi connectivity index (χ4v) is 2.66. The van der Waals surface area contributed by atoms with Crippen LogP contribution in [0, 0.1) is 0 Å². The van der Waals surface area contributed by atoms with E-state index in [1.165, 1.54) is 17.2 Å². The van der Waals surface area contributed by atoms with Gasteiger partial charge in [-0.3, -0.25) is 19.5 Å². The van der Waals surface area contributed by atoms with E-state index in [0.717, 1.165) is 35.9 Å². The number of nitrogens with zero attached hydrogens (tertiary/aromatic N) is 2. The lowest BCUT2D eigenvalue weighted by atomic mass is 10.1. The molecule has 6 nitrogen and oxygen atoms in total. The van der Waals surface area contributed by atoms with Crippen molar-refractivity contribution in [2.24, 2.45) is 0 Å². The number of aromatic nitrogens is 1. The van der Waals surface area contributed by atoms with Gasteiger partial charge in [-0.1, -0.05) is 0 Å². The number of amides is 1. The number of carbonyl (C=O) groups is 2. The summed E-state index contributed by atoms with van der Waals surface area (Å²) < 4.78 is 5.73. The van der Waals surface area contributed by atoms with E-state index in [2.05, 4.69) is 4.98 Å². The number of pyridine rings is 1. The van der Waals surface area contributed by atoms with Crippen molar-refractivity contribution in [2.75, 3.05) is 18.1 Å². The zero-order valence-electron chi connectivity index (χ0n) is 13.9. The van der Waals surface area contributed by atoms with Crippen molar-refractivity contribution in [2.45, 2.75) is 25.7 Å². The first-order chi connectivity index (χ1) is 12.2. The average Bonchev–Trinajstić information content (AvgIpc) is 2.61. The molecular weight excluding hydrogens is 320 g/mol. The molecule has 2 heterocycles. The summed E-state index contributed by atoms with van der Waals surface area (Å²) >= 11 is 0. The Morgan fingerprint density at radius 3 is 2.84 bits per heavy atom. The predicted octanol–water partition coefficient (Wildman–Crippen LogP) is 2.60. The summed E-state index contributed by atoms with van der Waals surface area (Å²) in [6, 6.07) is 7.49. The number of hydrogen-bond acceptors (Lipinski definition) is 5. The number of hydrogen-bond donors (Lipinski definition) is 1. The van der Waals surface area contributed by atoms with E-state index in [1.807, 2.05) is 24.3 Å². The summed E-state index contributed by atoms with van der Waals surface area (Å²) in [4.78, 5) is 29.1. The number of allylic oxidation sites excluding steroid dienone is 1. The van der Waals surface area contributed by atoms with Crippen LogP contribution in [0.4, 0.5) is 5.69 Å². The molecule has 0 saturated heterocycles. The van der Waals surface area contributed by atoms with Gasteiger partial charge in [0.05, 0.1) is 30.4 Å². The number of aliphatic hydroxyl groups excluding tert-OH is 1. The van der Waals surface area contributed by atoms with Gasteiger partial charge in [-0.2, -0.15) is 0 Å². The molecule has 3 rings (SSSR count). The Morgan fingerprint density at radius 2 is 2.04 bits per heavy atom. The third-order valence-corrected chi connectivity index (χ3v) is 3.99. The number of fused-ring (bicyclic) bond motifs is 1. The second kappa shape index (κ2) is 7.90. The number of ether oxygens (including phenoxy) is 1. The Kier molecular flexibility index (Phi) is 5.40. The van der Waals surface area contributed by atoms with E-state index in [-0.39, 0.29) is 24.7 Å². The predicted molar refractivity (Wildman–Crippen MR) is 94.4 cm³/mol. The van der Waals surface area contributed by atoms with Crippen LogP contribution in [0.1, 0.15) is 25.7 Å². The first-order valence-electron chi connectivity index (χ1n) is 8.34. The summed E-state index contributed by atoms with van der Waals surface area (Å²) in [5.74, 6) is 0.294. The number of anilines is 1. The van der Waals surface area contributed by atoms with Gasteiger partial charge in [0.15, 0.2) is 5.78 Å². The molecule has 6 heteroatoms. The maximum absolute atomic E-state index is 12.0. The third-order valence-electron chi connectivity index (χ3n) is 3.99. The lowest BCUT2D eigenvalue weighted by Crippen LogP contribution is -2.30. The molecule has 1 amide bonds. The van der Waals surface area contributed by atoms with Crippen LogP contribution in [0.5, 0.6) is 5.75 Å². The van der Waals surface area contributed by atoms with Crippen LogP contribution in [-0.4, -0.2) is 35.0 Å². The Labute approximate surface area is 145 Å². The number of benzene rings is 1. The van der Waals surface area contributed by atoms with E-state index in [9.17, 15) is 9.59 Å². The molecule has 0 radical (unpaired) electrons. The van der Waals surface area contributed by atoms with E-state index < -0.39 is 0 Å². The molecule has 1 aliphatic heterocycles. The van der Waals surface area contributed by atoms with E-state index in [0.29, 0.717) is 12.3 Å². The Morgan fingerprint density at radius 1 is 1.16 bits per heavy atom. The number of rotatable bonds is 7. The Bertz CT molecular complexity index is 816. The maximum atomic E-state index is 12.0. The van der Waals surface area contributed by atoms with Gasteiger partial charge >= 0.3 is 0 Å². The fraction of sp³-hybridized carbons (Fsp3) is 0.316. The minimum atomic E-state index is -0.259. The summed E-state index contributed by atoms with van der Waals surface area (Å²) in [5.41, 5.74) is 1.43. The zero-order valence-corrected chi connectivity index (χ0v) is 13.9. The van der Waals surface area contributed by atoms with Gasteiger partial charge in [0.25, 0.3) is 0 Å². The molecule has 0 aliphatic carbocycles. The number of aliphatic hydroxyl groups is 1. The number of carbonyl (C=O) groups excluding carboxylic acids is 2. The molecule has 0 saturated carbocycles. The van der Waals surface area contributed by atoms with Crippen molar-refractivity contribution in [3.63, 3.8) is 0 Å². The van der Waals surface area contributed by atoms with Crippen molar-refractivity contribution in [3.05, 3.63) is 42.7 Å². The molecule has 1 N–H and O–H groups in total. The Hall–Kier alpha value is -2.73. The first-order valence-corrected chi connectivity index (χ1v) is 8.34. The summed E-state index contributed by atoms with van der Waals surface area (Å²) in [7, 11) is 0. The minimum Gasteiger partial charge on any atom is -0.494 e. The molecule has 2 aromatic rings. The summed E-state index contributed by atoms with van der Waals surface area (Å²) in [5, 5.41) is 9.63. The second-order valence-corrected chi connectivity index (χ2v) is 5.90. The molecule has 1 aromatic carbocycles. The van der Waals surface area contributed by atoms with E-state index in [1.54, 1.807) is 6.20 Å². The van der Waals surface area contributed by atoms with Gasteiger partial charge in [0.2, 0.25) is 5.91 Å². The summed E-state index contributed by atoms with van der Waals surface area (Å²) in [6.07, 6.45) is 6.99. The number of unbranched alkanes of at least 4 members (excludes halogenated alkanes) is 2. The highest BCUT2D eigenvalue weighted by Gasteiger charge is 2.20. The van der Waals surface area contributed by atoms with Crippen LogP contribution < -0.4 is 9.64 Å². The van der Waals surface area contributed by atoms with Crippen LogP contribution in [0.2, 0.25) is 0 Å². The van der Waals surface area contributed by atoms with Gasteiger partial charge in [-0.15, -0.1) is 0 Å². The smallest absolute Gasteiger partial charge is 0.238 e. The minimum absolute atomic E-state index is 0.120. The van der Waals surface area contributed by atoms with Crippen molar-refractivity contribution in [1.29, 1.82) is 0 Å². The molecule has 0 unspecified atom stereocenters. The van der Waals surface area contributed by atoms with Gasteiger partial charge in [-0.05, 0) is 49.6 Å². The quantitative estimate of drug-likeness (QED) is 0.619. The van der Waals surface area contributed by atoms with Crippen LogP contribution >= 0.6 is 0 Å². The SMILES string of the molecule is O=C1C=CN(c2cnc3ccc(OCCCCCO)cc3c2)C(=O)C1. The third kappa shape index (κ3) is 4.22. The summed E-state index contributed by atoms with van der Waals surface area (Å²) in [6.45, 7) is 0.799. The maximum Gasteiger partial charge on any atom is 0.238 e. The fourth-order valence-electron chi connectivity index (χ4n) is 2.66.